The van der Waals surface area contributed by atoms with Crippen molar-refractivity contribution in [2.24, 2.45) is 0 Å². The molecule has 2 atom stereocenters. The van der Waals surface area contributed by atoms with E-state index in [4.69, 9.17) is 4.74 Å². The molecule has 0 rings (SSSR count). The first-order valence-corrected chi connectivity index (χ1v) is 9.93. The van der Waals surface area contributed by atoms with Crippen molar-refractivity contribution in [3.63, 3.8) is 0 Å². The van der Waals surface area contributed by atoms with Gasteiger partial charge < -0.3 is 4.74 Å². The van der Waals surface area contributed by atoms with Crippen molar-refractivity contribution >= 4 is 0 Å². The van der Waals surface area contributed by atoms with Crippen LogP contribution in [0.15, 0.2) is 0 Å². The van der Waals surface area contributed by atoms with Crippen molar-refractivity contribution in [3.8, 4) is 0 Å². The molecule has 1 heteroatoms. The predicted octanol–water partition coefficient (Wildman–Crippen LogP) is 7.28. The zero-order valence-electron chi connectivity index (χ0n) is 15.5. The van der Waals surface area contributed by atoms with Crippen molar-refractivity contribution in [1.29, 1.82) is 0 Å². The van der Waals surface area contributed by atoms with Crippen molar-refractivity contribution < 1.29 is 4.74 Å². The Hall–Kier alpha value is -0.0400. The lowest BCUT2D eigenvalue weighted by Gasteiger charge is -2.25. The van der Waals surface area contributed by atoms with Crippen molar-refractivity contribution in [1.82, 2.24) is 0 Å². The van der Waals surface area contributed by atoms with Crippen LogP contribution in [0.3, 0.4) is 0 Å². The van der Waals surface area contributed by atoms with Crippen LogP contribution in [-0.4, -0.2) is 12.2 Å². The lowest BCUT2D eigenvalue weighted by atomic mass is 10.0. The summed E-state index contributed by atoms with van der Waals surface area (Å²) in [7, 11) is 0. The molecule has 0 aliphatic carbocycles. The highest BCUT2D eigenvalue weighted by molar-refractivity contribution is 4.65. The third-order valence-electron chi connectivity index (χ3n) is 4.37. The largest absolute Gasteiger partial charge is 0.375 e. The monoisotopic (exact) mass is 298 g/mol. The molecular weight excluding hydrogens is 256 g/mol. The summed E-state index contributed by atoms with van der Waals surface area (Å²) in [4.78, 5) is 0. The summed E-state index contributed by atoms with van der Waals surface area (Å²) in [5, 5.41) is 0. The number of ether oxygens (including phenoxy) is 1. The van der Waals surface area contributed by atoms with Gasteiger partial charge in [-0.2, -0.15) is 0 Å². The van der Waals surface area contributed by atoms with Gasteiger partial charge in [0, 0.05) is 0 Å². The Morgan fingerprint density at radius 3 is 1.24 bits per heavy atom. The molecule has 0 spiro atoms. The van der Waals surface area contributed by atoms with Gasteiger partial charge >= 0.3 is 0 Å². The van der Waals surface area contributed by atoms with E-state index < -0.39 is 0 Å². The molecular formula is C20H42O. The molecule has 0 N–H and O–H groups in total. The van der Waals surface area contributed by atoms with Gasteiger partial charge in [0.25, 0.3) is 0 Å². The molecule has 1 nitrogen and oxygen atoms in total. The van der Waals surface area contributed by atoms with Gasteiger partial charge in [-0.3, -0.25) is 0 Å². The van der Waals surface area contributed by atoms with E-state index in [0.29, 0.717) is 12.2 Å². The van der Waals surface area contributed by atoms with Crippen LogP contribution in [0.5, 0.6) is 0 Å². The lowest BCUT2D eigenvalue weighted by molar-refractivity contribution is -0.0308. The second kappa shape index (κ2) is 16.3. The van der Waals surface area contributed by atoms with Crippen LogP contribution in [0.25, 0.3) is 0 Å². The molecule has 0 aliphatic heterocycles. The topological polar surface area (TPSA) is 9.23 Å². The molecule has 0 saturated heterocycles. The van der Waals surface area contributed by atoms with Crippen molar-refractivity contribution in [2.45, 2.75) is 130 Å². The van der Waals surface area contributed by atoms with E-state index in [2.05, 4.69) is 27.7 Å². The normalized spacial score (nSPS) is 14.3. The Balaban J connectivity index is 4.04. The molecule has 2 unspecified atom stereocenters. The van der Waals surface area contributed by atoms with Gasteiger partial charge in [0.1, 0.15) is 0 Å². The van der Waals surface area contributed by atoms with E-state index >= 15 is 0 Å². The van der Waals surface area contributed by atoms with Crippen molar-refractivity contribution in [3.05, 3.63) is 0 Å². The Morgan fingerprint density at radius 2 is 0.905 bits per heavy atom. The van der Waals surface area contributed by atoms with Crippen LogP contribution in [0.1, 0.15) is 118 Å². The van der Waals surface area contributed by atoms with Gasteiger partial charge in [0.05, 0.1) is 12.2 Å². The molecule has 0 saturated carbocycles. The third-order valence-corrected chi connectivity index (χ3v) is 4.37. The molecule has 0 aromatic rings. The first-order chi connectivity index (χ1) is 10.3. The molecule has 128 valence electrons. The summed E-state index contributed by atoms with van der Waals surface area (Å²) < 4.78 is 6.49. The van der Waals surface area contributed by atoms with E-state index in [9.17, 15) is 0 Å². The van der Waals surface area contributed by atoms with E-state index in [1.165, 1.54) is 89.9 Å². The van der Waals surface area contributed by atoms with Crippen LogP contribution >= 0.6 is 0 Å². The maximum absolute atomic E-state index is 6.49. The predicted molar refractivity (Wildman–Crippen MR) is 96.0 cm³/mol. The lowest BCUT2D eigenvalue weighted by Crippen LogP contribution is -2.22. The maximum atomic E-state index is 6.49. The van der Waals surface area contributed by atoms with Crippen molar-refractivity contribution in [2.75, 3.05) is 0 Å². The second-order valence-electron chi connectivity index (χ2n) is 6.66. The van der Waals surface area contributed by atoms with Crippen LogP contribution < -0.4 is 0 Å². The second-order valence-corrected chi connectivity index (χ2v) is 6.66. The molecule has 0 aromatic heterocycles. The first-order valence-electron chi connectivity index (χ1n) is 9.93. The van der Waals surface area contributed by atoms with Crippen LogP contribution in [0.4, 0.5) is 0 Å². The van der Waals surface area contributed by atoms with Gasteiger partial charge in [0.2, 0.25) is 0 Å². The Bertz CT molecular complexity index is 170. The average Bonchev–Trinajstić information content (AvgIpc) is 2.48. The summed E-state index contributed by atoms with van der Waals surface area (Å²) in [6, 6.07) is 0. The summed E-state index contributed by atoms with van der Waals surface area (Å²) in [6.07, 6.45) is 19.5. The SMILES string of the molecule is CCCCCCC(CCC)OC(CCC)CCCCCC. The summed E-state index contributed by atoms with van der Waals surface area (Å²) in [6.45, 7) is 9.15. The highest BCUT2D eigenvalue weighted by Crippen LogP contribution is 2.20. The van der Waals surface area contributed by atoms with Gasteiger partial charge in [-0.1, -0.05) is 91.9 Å². The molecule has 21 heavy (non-hydrogen) atoms. The molecule has 0 aromatic carbocycles. The minimum absolute atomic E-state index is 0.523. The highest BCUT2D eigenvalue weighted by atomic mass is 16.5. The molecule has 0 amide bonds. The Kier molecular flexibility index (Phi) is 16.3. The average molecular weight is 299 g/mol. The van der Waals surface area contributed by atoms with E-state index in [0.717, 1.165) is 0 Å². The maximum Gasteiger partial charge on any atom is 0.0578 e. The molecule has 0 fully saturated rings. The van der Waals surface area contributed by atoms with E-state index in [1.54, 1.807) is 0 Å². The Labute approximate surface area is 135 Å². The van der Waals surface area contributed by atoms with Crippen LogP contribution in [0.2, 0.25) is 0 Å². The quantitative estimate of drug-likeness (QED) is 0.272. The first kappa shape index (κ1) is 21.0. The fourth-order valence-corrected chi connectivity index (χ4v) is 3.07. The summed E-state index contributed by atoms with van der Waals surface area (Å²) in [5.74, 6) is 0. The van der Waals surface area contributed by atoms with Crippen LogP contribution in [-0.2, 0) is 4.74 Å². The standard InChI is InChI=1S/C20H42O/c1-5-9-11-13-17-19(15-7-3)21-20(16-8-4)18-14-12-10-6-2/h19-20H,5-18H2,1-4H3. The van der Waals surface area contributed by atoms with Gasteiger partial charge in [0.15, 0.2) is 0 Å². The number of hydrogen-bond donors (Lipinski definition) is 0. The minimum atomic E-state index is 0.523. The van der Waals surface area contributed by atoms with E-state index in [-0.39, 0.29) is 0 Å². The minimum Gasteiger partial charge on any atom is -0.375 e. The van der Waals surface area contributed by atoms with E-state index in [1.807, 2.05) is 0 Å². The fourth-order valence-electron chi connectivity index (χ4n) is 3.07. The van der Waals surface area contributed by atoms with Gasteiger partial charge in [-0.15, -0.1) is 0 Å². The number of hydrogen-bond acceptors (Lipinski definition) is 1. The fraction of sp³-hybridized carbons (Fsp3) is 1.00. The van der Waals surface area contributed by atoms with Gasteiger partial charge in [-0.25, -0.2) is 0 Å². The summed E-state index contributed by atoms with van der Waals surface area (Å²) in [5.41, 5.74) is 0. The number of rotatable bonds is 16. The molecule has 0 heterocycles. The molecule has 0 aliphatic rings. The highest BCUT2D eigenvalue weighted by Gasteiger charge is 2.15. The molecule has 0 radical (unpaired) electrons. The smallest absolute Gasteiger partial charge is 0.0578 e. The zero-order chi connectivity index (χ0) is 15.8. The molecule has 0 bridgehead atoms. The third kappa shape index (κ3) is 13.4. The van der Waals surface area contributed by atoms with Gasteiger partial charge in [-0.05, 0) is 25.7 Å². The summed E-state index contributed by atoms with van der Waals surface area (Å²) >= 11 is 0. The Morgan fingerprint density at radius 1 is 0.476 bits per heavy atom. The zero-order valence-corrected chi connectivity index (χ0v) is 15.5. The van der Waals surface area contributed by atoms with Crippen LogP contribution in [0, 0.1) is 0 Å². The number of unbranched alkanes of at least 4 members (excludes halogenated alkanes) is 6.